The molecule has 1 aromatic heterocycles. The summed E-state index contributed by atoms with van der Waals surface area (Å²) in [6.45, 7) is 6.77. The molecule has 0 saturated heterocycles. The van der Waals surface area contributed by atoms with E-state index in [1.165, 1.54) is 4.68 Å². The lowest BCUT2D eigenvalue weighted by Gasteiger charge is -2.22. The molecule has 1 amide bonds. The van der Waals surface area contributed by atoms with Crippen LogP contribution in [0.5, 0.6) is 0 Å². The van der Waals surface area contributed by atoms with Gasteiger partial charge in [-0.1, -0.05) is 35.9 Å². The van der Waals surface area contributed by atoms with Gasteiger partial charge in [0.15, 0.2) is 5.78 Å². The molecular formula is C22H20ClN3O4. The normalized spacial score (nSPS) is 13.7. The number of rotatable bonds is 2. The number of benzene rings is 2. The zero-order chi connectivity index (χ0) is 21.8. The molecular weight excluding hydrogens is 406 g/mol. The fourth-order valence-corrected chi connectivity index (χ4v) is 3.81. The van der Waals surface area contributed by atoms with Crippen LogP contribution in [0.15, 0.2) is 36.4 Å². The van der Waals surface area contributed by atoms with Crippen LogP contribution in [0.1, 0.15) is 48.4 Å². The number of ether oxygens (including phenoxy) is 1. The van der Waals surface area contributed by atoms with E-state index in [2.05, 4.69) is 10.4 Å². The van der Waals surface area contributed by atoms with Crippen LogP contribution >= 0.6 is 11.6 Å². The van der Waals surface area contributed by atoms with E-state index in [4.69, 9.17) is 16.3 Å². The highest BCUT2D eigenvalue weighted by Crippen LogP contribution is 2.41. The van der Waals surface area contributed by atoms with Crippen molar-refractivity contribution in [3.05, 3.63) is 52.5 Å². The Morgan fingerprint density at radius 1 is 1.13 bits per heavy atom. The summed E-state index contributed by atoms with van der Waals surface area (Å²) in [5.41, 5.74) is 1.62. The van der Waals surface area contributed by atoms with E-state index in [0.717, 1.165) is 0 Å². The first-order chi connectivity index (χ1) is 14.1. The van der Waals surface area contributed by atoms with Crippen molar-refractivity contribution >= 4 is 40.3 Å². The van der Waals surface area contributed by atoms with Gasteiger partial charge in [-0.25, -0.2) is 4.79 Å². The van der Waals surface area contributed by atoms with Crippen LogP contribution in [-0.4, -0.2) is 39.2 Å². The van der Waals surface area contributed by atoms with Crippen molar-refractivity contribution in [3.63, 3.8) is 0 Å². The fourth-order valence-electron chi connectivity index (χ4n) is 3.55. The van der Waals surface area contributed by atoms with Gasteiger partial charge >= 0.3 is 6.09 Å². The van der Waals surface area contributed by atoms with Crippen molar-refractivity contribution in [2.45, 2.75) is 39.3 Å². The monoisotopic (exact) mass is 425 g/mol. The molecule has 1 heterocycles. The molecule has 1 aliphatic rings. The fraction of sp³-hybridized carbons (Fsp3) is 0.273. The van der Waals surface area contributed by atoms with Crippen LogP contribution in [0.2, 0.25) is 5.02 Å². The van der Waals surface area contributed by atoms with Crippen molar-refractivity contribution in [2.75, 3.05) is 0 Å². The van der Waals surface area contributed by atoms with Crippen LogP contribution in [0.4, 0.5) is 4.79 Å². The van der Waals surface area contributed by atoms with Gasteiger partial charge in [0, 0.05) is 16.5 Å². The van der Waals surface area contributed by atoms with Gasteiger partial charge in [-0.15, -0.1) is 0 Å². The number of fused-ring (bicyclic) bond motifs is 2. The molecule has 1 atom stereocenters. The van der Waals surface area contributed by atoms with E-state index < -0.39 is 23.6 Å². The van der Waals surface area contributed by atoms with E-state index in [9.17, 15) is 14.4 Å². The van der Waals surface area contributed by atoms with Crippen LogP contribution in [0, 0.1) is 0 Å². The van der Waals surface area contributed by atoms with Crippen molar-refractivity contribution in [2.24, 2.45) is 0 Å². The summed E-state index contributed by atoms with van der Waals surface area (Å²) in [5, 5.41) is 7.87. The highest BCUT2D eigenvalue weighted by molar-refractivity contribution is 6.38. The predicted octanol–water partition coefficient (Wildman–Crippen LogP) is 4.45. The molecule has 3 aromatic rings. The minimum atomic E-state index is -0.908. The number of alkyl carbamates (subject to hydrolysis) is 1. The van der Waals surface area contributed by atoms with Crippen molar-refractivity contribution in [3.8, 4) is 11.3 Å². The molecule has 7 nitrogen and oxygen atoms in total. The minimum Gasteiger partial charge on any atom is -0.444 e. The van der Waals surface area contributed by atoms with Crippen LogP contribution in [-0.2, 0) is 4.74 Å². The summed E-state index contributed by atoms with van der Waals surface area (Å²) in [6.07, 6.45) is -0.701. The summed E-state index contributed by atoms with van der Waals surface area (Å²) >= 11 is 6.32. The average Bonchev–Trinajstić information content (AvgIpc) is 3.04. The Morgan fingerprint density at radius 2 is 1.80 bits per heavy atom. The number of hydrogen-bond acceptors (Lipinski definition) is 5. The maximum Gasteiger partial charge on any atom is 0.408 e. The SMILES string of the molecule is C[C@H](NC(=O)OC(C)(C)C)C(=O)n1nc2cccc3c2c1-c1cccc(Cl)c1C3=O. The molecule has 154 valence electrons. The van der Waals surface area contributed by atoms with Gasteiger partial charge in [0.05, 0.1) is 21.8 Å². The lowest BCUT2D eigenvalue weighted by Crippen LogP contribution is -2.44. The van der Waals surface area contributed by atoms with Gasteiger partial charge in [0.2, 0.25) is 0 Å². The second-order valence-electron chi connectivity index (χ2n) is 8.16. The molecule has 4 rings (SSSR count). The zero-order valence-corrected chi connectivity index (χ0v) is 17.7. The zero-order valence-electron chi connectivity index (χ0n) is 16.9. The maximum absolute atomic E-state index is 13.2. The van der Waals surface area contributed by atoms with Gasteiger partial charge in [-0.2, -0.15) is 9.78 Å². The molecule has 1 N–H and O–H groups in total. The third-order valence-corrected chi connectivity index (χ3v) is 5.07. The van der Waals surface area contributed by atoms with Crippen LogP contribution < -0.4 is 5.32 Å². The molecule has 0 unspecified atom stereocenters. The lowest BCUT2D eigenvalue weighted by atomic mass is 9.87. The first kappa shape index (κ1) is 20.1. The van der Waals surface area contributed by atoms with E-state index in [0.29, 0.717) is 38.3 Å². The first-order valence-corrected chi connectivity index (χ1v) is 9.85. The molecule has 8 heteroatoms. The molecule has 2 aromatic carbocycles. The summed E-state index contributed by atoms with van der Waals surface area (Å²) in [7, 11) is 0. The Balaban J connectivity index is 1.82. The number of ketones is 1. The van der Waals surface area contributed by atoms with Crippen molar-refractivity contribution in [1.29, 1.82) is 0 Å². The quantitative estimate of drug-likeness (QED) is 0.512. The number of nitrogens with one attached hydrogen (secondary N) is 1. The second-order valence-corrected chi connectivity index (χ2v) is 8.56. The minimum absolute atomic E-state index is 0.208. The van der Waals surface area contributed by atoms with E-state index in [1.54, 1.807) is 64.1 Å². The number of nitrogens with zero attached hydrogens (tertiary/aromatic N) is 2. The molecule has 0 spiro atoms. The van der Waals surface area contributed by atoms with Crippen LogP contribution in [0.25, 0.3) is 22.2 Å². The van der Waals surface area contributed by atoms with Crippen molar-refractivity contribution in [1.82, 2.24) is 15.1 Å². The Morgan fingerprint density at radius 3 is 2.50 bits per heavy atom. The smallest absolute Gasteiger partial charge is 0.408 e. The number of hydrogen-bond donors (Lipinski definition) is 1. The van der Waals surface area contributed by atoms with E-state index in [1.807, 2.05) is 0 Å². The Labute approximate surface area is 178 Å². The molecule has 0 saturated carbocycles. The summed E-state index contributed by atoms with van der Waals surface area (Å²) in [6, 6.07) is 9.33. The number of amides is 1. The van der Waals surface area contributed by atoms with Gasteiger partial charge < -0.3 is 10.1 Å². The number of halogens is 1. The van der Waals surface area contributed by atoms with Gasteiger partial charge in [-0.3, -0.25) is 9.59 Å². The Kier molecular flexibility index (Phi) is 4.66. The standard InChI is InChI=1S/C22H20ClN3O4/c1-11(24-21(29)30-22(2,3)4)20(28)26-18-12-7-5-9-14(23)16(12)19(27)13-8-6-10-15(25-26)17(13)18/h5-11H,1-4H3,(H,24,29)/t11-/m0/s1. The average molecular weight is 426 g/mol. The molecule has 30 heavy (non-hydrogen) atoms. The Hall–Kier alpha value is -3.19. The molecule has 0 aliphatic heterocycles. The summed E-state index contributed by atoms with van der Waals surface area (Å²) in [4.78, 5) is 38.4. The van der Waals surface area contributed by atoms with Crippen molar-refractivity contribution < 1.29 is 19.1 Å². The second kappa shape index (κ2) is 6.95. The van der Waals surface area contributed by atoms with Gasteiger partial charge in [0.25, 0.3) is 5.91 Å². The summed E-state index contributed by atoms with van der Waals surface area (Å²) in [5.74, 6) is -0.668. The Bertz CT molecular complexity index is 1220. The van der Waals surface area contributed by atoms with Gasteiger partial charge in [-0.05, 0) is 39.8 Å². The predicted molar refractivity (Wildman–Crippen MR) is 113 cm³/mol. The van der Waals surface area contributed by atoms with Gasteiger partial charge in [0.1, 0.15) is 11.6 Å². The number of aromatic nitrogens is 2. The van der Waals surface area contributed by atoms with Crippen LogP contribution in [0.3, 0.4) is 0 Å². The highest BCUT2D eigenvalue weighted by atomic mass is 35.5. The van der Waals surface area contributed by atoms with E-state index >= 15 is 0 Å². The third kappa shape index (κ3) is 3.25. The topological polar surface area (TPSA) is 90.3 Å². The maximum atomic E-state index is 13.2. The molecule has 1 aliphatic carbocycles. The highest BCUT2D eigenvalue weighted by Gasteiger charge is 2.33. The molecule has 0 fully saturated rings. The number of carbonyl (C=O) groups excluding carboxylic acids is 3. The third-order valence-electron chi connectivity index (χ3n) is 4.75. The largest absolute Gasteiger partial charge is 0.444 e. The van der Waals surface area contributed by atoms with E-state index in [-0.39, 0.29) is 5.78 Å². The number of carbonyl (C=O) groups is 3. The molecule has 0 radical (unpaired) electrons. The first-order valence-electron chi connectivity index (χ1n) is 9.47. The lowest BCUT2D eigenvalue weighted by molar-refractivity contribution is 0.0486. The summed E-state index contributed by atoms with van der Waals surface area (Å²) < 4.78 is 6.47. The molecule has 0 bridgehead atoms.